The minimum absolute atomic E-state index is 0.141. The molecule has 3 unspecified atom stereocenters. The number of ether oxygens (including phenoxy) is 2. The molecule has 1 heterocycles. The molecule has 1 fully saturated rings. The second kappa shape index (κ2) is 8.25. The number of carbonyl (C=O) groups is 1. The highest BCUT2D eigenvalue weighted by Crippen LogP contribution is 2.28. The minimum Gasteiger partial charge on any atom is -0.387 e. The van der Waals surface area contributed by atoms with Crippen LogP contribution in [0.25, 0.3) is 0 Å². The van der Waals surface area contributed by atoms with E-state index < -0.39 is 18.4 Å². The molecule has 3 rings (SSSR count). The first kappa shape index (κ1) is 17.6. The Morgan fingerprint density at radius 1 is 1.16 bits per heavy atom. The highest BCUT2D eigenvalue weighted by atomic mass is 16.6. The lowest BCUT2D eigenvalue weighted by molar-refractivity contribution is -0.151. The summed E-state index contributed by atoms with van der Waals surface area (Å²) in [4.78, 5) is 14.3. The SMILES string of the molecule is CCOC(c1ccccc1)N(CC(O)c1ccccc1)C(=O)C1CO1. The molecule has 1 aliphatic heterocycles. The van der Waals surface area contributed by atoms with Gasteiger partial charge >= 0.3 is 0 Å². The van der Waals surface area contributed by atoms with Crippen molar-refractivity contribution in [2.75, 3.05) is 19.8 Å². The Hall–Kier alpha value is -2.21. The van der Waals surface area contributed by atoms with Crippen LogP contribution >= 0.6 is 0 Å². The van der Waals surface area contributed by atoms with Gasteiger partial charge in [0.25, 0.3) is 5.91 Å². The van der Waals surface area contributed by atoms with Gasteiger partial charge in [0.1, 0.15) is 0 Å². The largest absolute Gasteiger partial charge is 0.387 e. The fourth-order valence-corrected chi connectivity index (χ4v) is 2.79. The molecule has 5 nitrogen and oxygen atoms in total. The highest BCUT2D eigenvalue weighted by molar-refractivity contribution is 5.83. The van der Waals surface area contributed by atoms with E-state index in [1.165, 1.54) is 0 Å². The maximum Gasteiger partial charge on any atom is 0.256 e. The van der Waals surface area contributed by atoms with Gasteiger partial charge in [-0.2, -0.15) is 0 Å². The monoisotopic (exact) mass is 341 g/mol. The van der Waals surface area contributed by atoms with E-state index in [4.69, 9.17) is 9.47 Å². The minimum atomic E-state index is -0.796. The zero-order chi connectivity index (χ0) is 17.6. The molecule has 2 aromatic rings. The molecule has 1 N–H and O–H groups in total. The van der Waals surface area contributed by atoms with Crippen LogP contribution < -0.4 is 0 Å². The number of aliphatic hydroxyl groups is 1. The van der Waals surface area contributed by atoms with Crippen molar-refractivity contribution in [1.29, 1.82) is 0 Å². The predicted octanol–water partition coefficient (Wildman–Crippen LogP) is 2.68. The Bertz CT molecular complexity index is 673. The zero-order valence-corrected chi connectivity index (χ0v) is 14.2. The van der Waals surface area contributed by atoms with Gasteiger partial charge < -0.3 is 19.5 Å². The van der Waals surface area contributed by atoms with E-state index in [1.54, 1.807) is 4.90 Å². The lowest BCUT2D eigenvalue weighted by atomic mass is 10.1. The van der Waals surface area contributed by atoms with Crippen LogP contribution in [0.5, 0.6) is 0 Å². The van der Waals surface area contributed by atoms with Crippen LogP contribution in [0.3, 0.4) is 0 Å². The zero-order valence-electron chi connectivity index (χ0n) is 14.2. The van der Waals surface area contributed by atoms with Crippen molar-refractivity contribution in [3.05, 3.63) is 71.8 Å². The summed E-state index contributed by atoms with van der Waals surface area (Å²) < 4.78 is 11.0. The summed E-state index contributed by atoms with van der Waals surface area (Å²) in [6.07, 6.45) is -1.79. The number of hydrogen-bond acceptors (Lipinski definition) is 4. The number of epoxide rings is 1. The molecule has 0 aromatic heterocycles. The van der Waals surface area contributed by atoms with Crippen molar-refractivity contribution in [2.24, 2.45) is 0 Å². The molecule has 2 aromatic carbocycles. The van der Waals surface area contributed by atoms with Gasteiger partial charge in [-0.15, -0.1) is 0 Å². The summed E-state index contributed by atoms with van der Waals surface area (Å²) in [6.45, 7) is 2.91. The maximum absolute atomic E-state index is 12.8. The molecule has 5 heteroatoms. The Morgan fingerprint density at radius 3 is 2.24 bits per heavy atom. The Morgan fingerprint density at radius 2 is 1.72 bits per heavy atom. The third-order valence-electron chi connectivity index (χ3n) is 4.14. The molecule has 3 atom stereocenters. The first-order valence-electron chi connectivity index (χ1n) is 8.52. The summed E-state index contributed by atoms with van der Waals surface area (Å²) in [5.74, 6) is -0.155. The maximum atomic E-state index is 12.8. The third-order valence-corrected chi connectivity index (χ3v) is 4.14. The number of nitrogens with zero attached hydrogens (tertiary/aromatic N) is 1. The predicted molar refractivity (Wildman–Crippen MR) is 93.7 cm³/mol. The van der Waals surface area contributed by atoms with Crippen LogP contribution in [0.2, 0.25) is 0 Å². The third kappa shape index (κ3) is 4.45. The number of aliphatic hydroxyl groups excluding tert-OH is 1. The molecule has 1 amide bonds. The molecule has 0 radical (unpaired) electrons. The van der Waals surface area contributed by atoms with Gasteiger partial charge in [-0.1, -0.05) is 60.7 Å². The normalized spacial score (nSPS) is 18.4. The van der Waals surface area contributed by atoms with E-state index in [2.05, 4.69) is 0 Å². The standard InChI is InChI=1S/C20H23NO4/c1-2-24-20(16-11-7-4-8-12-16)21(19(23)18-14-25-18)13-17(22)15-9-5-3-6-10-15/h3-12,17-18,20,22H,2,13-14H2,1H3. The number of hydrogen-bond donors (Lipinski definition) is 1. The van der Waals surface area contributed by atoms with Crippen molar-refractivity contribution in [1.82, 2.24) is 4.90 Å². The van der Waals surface area contributed by atoms with E-state index in [9.17, 15) is 9.90 Å². The van der Waals surface area contributed by atoms with Crippen LogP contribution in [0.4, 0.5) is 0 Å². The topological polar surface area (TPSA) is 62.3 Å². The lowest BCUT2D eigenvalue weighted by Crippen LogP contribution is -2.41. The average Bonchev–Trinajstić information content (AvgIpc) is 3.50. The second-order valence-electron chi connectivity index (χ2n) is 5.96. The van der Waals surface area contributed by atoms with Crippen LogP contribution in [-0.4, -0.2) is 41.8 Å². The Labute approximate surface area is 147 Å². The van der Waals surface area contributed by atoms with E-state index >= 15 is 0 Å². The molecule has 0 aliphatic carbocycles. The summed E-state index contributed by atoms with van der Waals surface area (Å²) in [5, 5.41) is 10.6. The van der Waals surface area contributed by atoms with Crippen molar-refractivity contribution in [2.45, 2.75) is 25.4 Å². The smallest absolute Gasteiger partial charge is 0.256 e. The van der Waals surface area contributed by atoms with Crippen LogP contribution in [-0.2, 0) is 14.3 Å². The summed E-state index contributed by atoms with van der Waals surface area (Å²) in [7, 11) is 0. The van der Waals surface area contributed by atoms with Crippen LogP contribution in [0, 0.1) is 0 Å². The molecule has 1 aliphatic rings. The van der Waals surface area contributed by atoms with Gasteiger partial charge in [-0.3, -0.25) is 4.79 Å². The fraction of sp³-hybridized carbons (Fsp3) is 0.350. The molecule has 0 saturated carbocycles. The second-order valence-corrected chi connectivity index (χ2v) is 5.96. The first-order chi connectivity index (χ1) is 12.2. The van der Waals surface area contributed by atoms with E-state index in [1.807, 2.05) is 67.6 Å². The summed E-state index contributed by atoms with van der Waals surface area (Å²) in [6, 6.07) is 18.9. The number of benzene rings is 2. The molecular formula is C20H23NO4. The van der Waals surface area contributed by atoms with Crippen molar-refractivity contribution >= 4 is 5.91 Å². The van der Waals surface area contributed by atoms with Crippen molar-refractivity contribution in [3.8, 4) is 0 Å². The average molecular weight is 341 g/mol. The van der Waals surface area contributed by atoms with Gasteiger partial charge in [0.2, 0.25) is 0 Å². The van der Waals surface area contributed by atoms with E-state index in [-0.39, 0.29) is 12.5 Å². The quantitative estimate of drug-likeness (QED) is 0.592. The number of carbonyl (C=O) groups excluding carboxylic acids is 1. The van der Waals surface area contributed by atoms with Gasteiger partial charge in [0, 0.05) is 12.2 Å². The number of rotatable bonds is 8. The van der Waals surface area contributed by atoms with Gasteiger partial charge in [-0.05, 0) is 12.5 Å². The van der Waals surface area contributed by atoms with Gasteiger partial charge in [0.15, 0.2) is 12.3 Å². The Kier molecular flexibility index (Phi) is 5.81. The molecular weight excluding hydrogens is 318 g/mol. The molecule has 25 heavy (non-hydrogen) atoms. The van der Waals surface area contributed by atoms with Crippen LogP contribution in [0.15, 0.2) is 60.7 Å². The lowest BCUT2D eigenvalue weighted by Gasteiger charge is -2.33. The molecule has 1 saturated heterocycles. The van der Waals surface area contributed by atoms with Crippen molar-refractivity contribution in [3.63, 3.8) is 0 Å². The van der Waals surface area contributed by atoms with Gasteiger partial charge in [0.05, 0.1) is 19.3 Å². The summed E-state index contributed by atoms with van der Waals surface area (Å²) >= 11 is 0. The van der Waals surface area contributed by atoms with Gasteiger partial charge in [-0.25, -0.2) is 0 Å². The summed E-state index contributed by atoms with van der Waals surface area (Å²) in [5.41, 5.74) is 1.64. The fourth-order valence-electron chi connectivity index (χ4n) is 2.79. The van der Waals surface area contributed by atoms with Crippen molar-refractivity contribution < 1.29 is 19.4 Å². The number of amides is 1. The van der Waals surface area contributed by atoms with E-state index in [0.29, 0.717) is 13.2 Å². The molecule has 0 spiro atoms. The molecule has 0 bridgehead atoms. The highest BCUT2D eigenvalue weighted by Gasteiger charge is 2.39. The Balaban J connectivity index is 1.86. The van der Waals surface area contributed by atoms with E-state index in [0.717, 1.165) is 11.1 Å². The van der Waals surface area contributed by atoms with Crippen LogP contribution in [0.1, 0.15) is 30.4 Å². The first-order valence-corrected chi connectivity index (χ1v) is 8.52. The molecule has 132 valence electrons.